The van der Waals surface area contributed by atoms with Gasteiger partial charge in [0.15, 0.2) is 0 Å². The van der Waals surface area contributed by atoms with Crippen molar-refractivity contribution in [1.82, 2.24) is 15.5 Å². The average Bonchev–Trinajstić information content (AvgIpc) is 2.75. The lowest BCUT2D eigenvalue weighted by atomic mass is 9.79. The number of benzene rings is 1. The van der Waals surface area contributed by atoms with Gasteiger partial charge in [-0.1, -0.05) is 12.1 Å². The fourth-order valence-electron chi connectivity index (χ4n) is 3.31. The summed E-state index contributed by atoms with van der Waals surface area (Å²) >= 11 is 0. The van der Waals surface area contributed by atoms with Gasteiger partial charge in [0.2, 0.25) is 0 Å². The van der Waals surface area contributed by atoms with Crippen LogP contribution in [0, 0.1) is 11.7 Å². The van der Waals surface area contributed by atoms with Crippen molar-refractivity contribution in [2.75, 3.05) is 13.1 Å². The lowest BCUT2D eigenvalue weighted by molar-refractivity contribution is -0.133. The summed E-state index contributed by atoms with van der Waals surface area (Å²) in [6, 6.07) is 5.49. The van der Waals surface area contributed by atoms with Gasteiger partial charge in [-0.3, -0.25) is 9.69 Å². The van der Waals surface area contributed by atoms with Gasteiger partial charge in [0.25, 0.3) is 5.91 Å². The van der Waals surface area contributed by atoms with E-state index in [0.717, 1.165) is 31.5 Å². The minimum atomic E-state index is -0.834. The van der Waals surface area contributed by atoms with Gasteiger partial charge in [-0.25, -0.2) is 9.18 Å². The van der Waals surface area contributed by atoms with Crippen LogP contribution in [-0.4, -0.2) is 35.5 Å². The van der Waals surface area contributed by atoms with Crippen LogP contribution in [0.4, 0.5) is 9.18 Å². The molecular formula is C16H20FN3O2. The summed E-state index contributed by atoms with van der Waals surface area (Å²) in [4.78, 5) is 26.2. The number of imide groups is 1. The summed E-state index contributed by atoms with van der Waals surface area (Å²) in [5.41, 5.74) is -0.0985. The second-order valence-electron chi connectivity index (χ2n) is 6.17. The van der Waals surface area contributed by atoms with Gasteiger partial charge in [0.05, 0.1) is 6.54 Å². The Labute approximate surface area is 128 Å². The first-order valence-electron chi connectivity index (χ1n) is 7.60. The van der Waals surface area contributed by atoms with Crippen LogP contribution in [0.25, 0.3) is 0 Å². The molecule has 2 fully saturated rings. The van der Waals surface area contributed by atoms with E-state index in [1.807, 2.05) is 6.92 Å². The molecule has 2 aliphatic heterocycles. The van der Waals surface area contributed by atoms with E-state index in [1.165, 1.54) is 17.0 Å². The fourth-order valence-corrected chi connectivity index (χ4v) is 3.31. The smallest absolute Gasteiger partial charge is 0.323 e. The third kappa shape index (κ3) is 2.59. The highest BCUT2D eigenvalue weighted by molar-refractivity contribution is 6.06. The topological polar surface area (TPSA) is 61.4 Å². The summed E-state index contributed by atoms with van der Waals surface area (Å²) in [6.07, 6.45) is 1.74. The monoisotopic (exact) mass is 305 g/mol. The molecule has 6 heteroatoms. The Morgan fingerprint density at radius 2 is 1.86 bits per heavy atom. The number of piperidine rings is 1. The summed E-state index contributed by atoms with van der Waals surface area (Å²) in [7, 11) is 0. The molecule has 0 bridgehead atoms. The number of carbonyl (C=O) groups is 2. The molecule has 0 spiro atoms. The molecule has 22 heavy (non-hydrogen) atoms. The zero-order valence-corrected chi connectivity index (χ0v) is 12.6. The molecule has 5 nitrogen and oxygen atoms in total. The molecule has 0 radical (unpaired) electrons. The number of nitrogens with one attached hydrogen (secondary N) is 2. The first-order chi connectivity index (χ1) is 10.5. The molecule has 3 amide bonds. The number of hydrogen-bond donors (Lipinski definition) is 2. The highest BCUT2D eigenvalue weighted by Crippen LogP contribution is 2.32. The zero-order chi connectivity index (χ0) is 15.7. The molecule has 0 aromatic heterocycles. The maximum atomic E-state index is 13.0. The molecule has 3 rings (SSSR count). The largest absolute Gasteiger partial charge is 0.325 e. The van der Waals surface area contributed by atoms with E-state index < -0.39 is 5.54 Å². The van der Waals surface area contributed by atoms with Gasteiger partial charge in [-0.2, -0.15) is 0 Å². The van der Waals surface area contributed by atoms with Crippen molar-refractivity contribution in [2.45, 2.75) is 31.8 Å². The fraction of sp³-hybridized carbons (Fsp3) is 0.500. The highest BCUT2D eigenvalue weighted by atomic mass is 19.1. The van der Waals surface area contributed by atoms with E-state index in [9.17, 15) is 14.0 Å². The molecule has 2 aliphatic rings. The predicted molar refractivity (Wildman–Crippen MR) is 79.5 cm³/mol. The van der Waals surface area contributed by atoms with Crippen LogP contribution in [0.2, 0.25) is 0 Å². The molecule has 2 heterocycles. The van der Waals surface area contributed by atoms with Gasteiger partial charge < -0.3 is 10.6 Å². The maximum Gasteiger partial charge on any atom is 0.325 e. The van der Waals surface area contributed by atoms with Gasteiger partial charge in [-0.05, 0) is 56.5 Å². The van der Waals surface area contributed by atoms with Gasteiger partial charge in [0.1, 0.15) is 11.4 Å². The predicted octanol–water partition coefficient (Wildman–Crippen LogP) is 1.64. The lowest BCUT2D eigenvalue weighted by Gasteiger charge is -2.34. The van der Waals surface area contributed by atoms with E-state index in [1.54, 1.807) is 12.1 Å². The lowest BCUT2D eigenvalue weighted by Crippen LogP contribution is -2.53. The first-order valence-corrected chi connectivity index (χ1v) is 7.60. The van der Waals surface area contributed by atoms with Crippen molar-refractivity contribution in [3.8, 4) is 0 Å². The van der Waals surface area contributed by atoms with Crippen molar-refractivity contribution in [3.05, 3.63) is 35.6 Å². The molecule has 0 aliphatic carbocycles. The van der Waals surface area contributed by atoms with Crippen LogP contribution in [0.15, 0.2) is 24.3 Å². The van der Waals surface area contributed by atoms with Crippen molar-refractivity contribution >= 4 is 11.9 Å². The third-order valence-corrected chi connectivity index (χ3v) is 4.71. The SMILES string of the molecule is CC1(C2CCNCC2)NC(=O)N(Cc2ccc(F)cc2)C1=O. The number of nitrogens with zero attached hydrogens (tertiary/aromatic N) is 1. The first kappa shape index (κ1) is 15.0. The van der Waals surface area contributed by atoms with Crippen molar-refractivity contribution < 1.29 is 14.0 Å². The van der Waals surface area contributed by atoms with Gasteiger partial charge in [-0.15, -0.1) is 0 Å². The number of amides is 3. The number of hydrogen-bond acceptors (Lipinski definition) is 3. The molecule has 1 atom stereocenters. The number of rotatable bonds is 3. The van der Waals surface area contributed by atoms with Crippen LogP contribution in [0.5, 0.6) is 0 Å². The Morgan fingerprint density at radius 3 is 2.50 bits per heavy atom. The molecule has 118 valence electrons. The average molecular weight is 305 g/mol. The highest BCUT2D eigenvalue weighted by Gasteiger charge is 2.52. The van der Waals surface area contributed by atoms with Crippen LogP contribution < -0.4 is 10.6 Å². The Kier molecular flexibility index (Phi) is 3.87. The van der Waals surface area contributed by atoms with Crippen molar-refractivity contribution in [2.24, 2.45) is 5.92 Å². The molecular weight excluding hydrogens is 285 g/mol. The minimum absolute atomic E-state index is 0.142. The van der Waals surface area contributed by atoms with E-state index in [4.69, 9.17) is 0 Å². The summed E-state index contributed by atoms with van der Waals surface area (Å²) in [6.45, 7) is 3.71. The Bertz CT molecular complexity index is 584. The molecule has 0 saturated carbocycles. The van der Waals surface area contributed by atoms with E-state index in [2.05, 4.69) is 10.6 Å². The van der Waals surface area contributed by atoms with E-state index >= 15 is 0 Å². The van der Waals surface area contributed by atoms with Gasteiger partial charge >= 0.3 is 6.03 Å². The molecule has 2 saturated heterocycles. The Morgan fingerprint density at radius 1 is 1.23 bits per heavy atom. The van der Waals surface area contributed by atoms with Crippen molar-refractivity contribution in [1.29, 1.82) is 0 Å². The third-order valence-electron chi connectivity index (χ3n) is 4.71. The summed E-state index contributed by atoms with van der Waals surface area (Å²) in [5, 5.41) is 6.13. The molecule has 1 unspecified atom stereocenters. The molecule has 1 aromatic rings. The molecule has 1 aromatic carbocycles. The molecule has 2 N–H and O–H groups in total. The van der Waals surface area contributed by atoms with Crippen LogP contribution >= 0.6 is 0 Å². The minimum Gasteiger partial charge on any atom is -0.323 e. The maximum absolute atomic E-state index is 13.0. The Balaban J connectivity index is 1.77. The normalized spacial score (nSPS) is 26.4. The quantitative estimate of drug-likeness (QED) is 0.835. The van der Waals surface area contributed by atoms with Crippen molar-refractivity contribution in [3.63, 3.8) is 0 Å². The van der Waals surface area contributed by atoms with Crippen LogP contribution in [0.3, 0.4) is 0 Å². The standard InChI is InChI=1S/C16H20FN3O2/c1-16(12-6-8-18-9-7-12)14(21)20(15(22)19-16)10-11-2-4-13(17)5-3-11/h2-5,12,18H,6-10H2,1H3,(H,19,22). The number of urea groups is 1. The van der Waals surface area contributed by atoms with E-state index in [-0.39, 0.29) is 30.2 Å². The zero-order valence-electron chi connectivity index (χ0n) is 12.6. The van der Waals surface area contributed by atoms with Crippen LogP contribution in [-0.2, 0) is 11.3 Å². The second kappa shape index (κ2) is 5.68. The number of carbonyl (C=O) groups excluding carboxylic acids is 2. The van der Waals surface area contributed by atoms with Crippen LogP contribution in [0.1, 0.15) is 25.3 Å². The second-order valence-corrected chi connectivity index (χ2v) is 6.17. The van der Waals surface area contributed by atoms with Gasteiger partial charge in [0, 0.05) is 0 Å². The summed E-state index contributed by atoms with van der Waals surface area (Å²) in [5.74, 6) is -0.377. The Hall–Kier alpha value is -1.95. The summed E-state index contributed by atoms with van der Waals surface area (Å²) < 4.78 is 13.0. The van der Waals surface area contributed by atoms with E-state index in [0.29, 0.717) is 0 Å². The number of halogens is 1.